The minimum Gasteiger partial charge on any atom is -0.497 e. The molecule has 2 aromatic rings. The molecule has 2 rings (SSSR count). The Morgan fingerprint density at radius 3 is 2.65 bits per heavy atom. The lowest BCUT2D eigenvalue weighted by molar-refractivity contribution is 0.415. The van der Waals surface area contributed by atoms with E-state index in [0.29, 0.717) is 6.54 Å². The summed E-state index contributed by atoms with van der Waals surface area (Å²) in [4.78, 5) is 2.17. The van der Waals surface area contributed by atoms with Gasteiger partial charge in [0.25, 0.3) is 0 Å². The molecule has 0 amide bonds. The number of hydrogen-bond acceptors (Lipinski definition) is 3. The van der Waals surface area contributed by atoms with Gasteiger partial charge in [0.15, 0.2) is 0 Å². The number of benzene rings is 2. The third kappa shape index (κ3) is 3.11. The Bertz CT molecular complexity index is 581. The first-order chi connectivity index (χ1) is 9.65. The average Bonchev–Trinajstić information content (AvgIpc) is 2.47. The molecule has 0 heterocycles. The second kappa shape index (κ2) is 6.44. The van der Waals surface area contributed by atoms with Crippen LogP contribution in [0.15, 0.2) is 42.5 Å². The molecule has 0 aromatic heterocycles. The van der Waals surface area contributed by atoms with Gasteiger partial charge in [-0.15, -0.1) is 0 Å². The fourth-order valence-electron chi connectivity index (χ4n) is 2.36. The molecular weight excluding hydrogens is 248 g/mol. The molecule has 106 valence electrons. The van der Waals surface area contributed by atoms with E-state index in [4.69, 9.17) is 10.5 Å². The van der Waals surface area contributed by atoms with Crippen molar-refractivity contribution in [2.75, 3.05) is 25.6 Å². The van der Waals surface area contributed by atoms with Crippen molar-refractivity contribution in [3.8, 4) is 5.75 Å². The highest BCUT2D eigenvalue weighted by atomic mass is 16.5. The average molecular weight is 270 g/mol. The lowest BCUT2D eigenvalue weighted by atomic mass is 10.0. The van der Waals surface area contributed by atoms with Crippen LogP contribution in [0.2, 0.25) is 0 Å². The lowest BCUT2D eigenvalue weighted by Gasteiger charge is -2.23. The van der Waals surface area contributed by atoms with E-state index in [9.17, 15) is 0 Å². The summed E-state index contributed by atoms with van der Waals surface area (Å²) in [5, 5.41) is 0. The maximum atomic E-state index is 5.73. The van der Waals surface area contributed by atoms with Crippen molar-refractivity contribution in [2.24, 2.45) is 5.73 Å². The molecule has 0 radical (unpaired) electrons. The van der Waals surface area contributed by atoms with Crippen LogP contribution in [0.1, 0.15) is 11.1 Å². The van der Waals surface area contributed by atoms with Gasteiger partial charge in [-0.1, -0.05) is 23.8 Å². The number of rotatable bonds is 5. The summed E-state index contributed by atoms with van der Waals surface area (Å²) in [5.74, 6) is 0.863. The van der Waals surface area contributed by atoms with Gasteiger partial charge < -0.3 is 15.4 Å². The molecule has 0 atom stereocenters. The smallest absolute Gasteiger partial charge is 0.120 e. The normalized spacial score (nSPS) is 10.4. The number of methoxy groups -OCH3 is 1. The molecule has 20 heavy (non-hydrogen) atoms. The highest BCUT2D eigenvalue weighted by Gasteiger charge is 2.10. The Kier molecular flexibility index (Phi) is 4.64. The van der Waals surface area contributed by atoms with Gasteiger partial charge >= 0.3 is 0 Å². The Balaban J connectivity index is 2.38. The molecule has 0 fully saturated rings. The van der Waals surface area contributed by atoms with E-state index in [1.165, 1.54) is 16.8 Å². The van der Waals surface area contributed by atoms with E-state index in [0.717, 1.165) is 17.9 Å². The molecule has 0 aliphatic carbocycles. The van der Waals surface area contributed by atoms with Gasteiger partial charge in [0.05, 0.1) is 7.11 Å². The molecule has 2 N–H and O–H groups in total. The van der Waals surface area contributed by atoms with E-state index >= 15 is 0 Å². The summed E-state index contributed by atoms with van der Waals surface area (Å²) in [7, 11) is 3.75. The minimum atomic E-state index is 0.655. The Morgan fingerprint density at radius 1 is 1.15 bits per heavy atom. The van der Waals surface area contributed by atoms with E-state index in [1.54, 1.807) is 7.11 Å². The van der Waals surface area contributed by atoms with Gasteiger partial charge in [-0.25, -0.2) is 0 Å². The van der Waals surface area contributed by atoms with Crippen molar-refractivity contribution in [2.45, 2.75) is 13.3 Å². The van der Waals surface area contributed by atoms with Crippen LogP contribution in [-0.4, -0.2) is 20.7 Å². The van der Waals surface area contributed by atoms with Crippen LogP contribution < -0.4 is 15.4 Å². The first-order valence-corrected chi connectivity index (χ1v) is 6.83. The van der Waals surface area contributed by atoms with E-state index in [1.807, 2.05) is 18.2 Å². The molecule has 3 heteroatoms. The van der Waals surface area contributed by atoms with Gasteiger partial charge in [0.2, 0.25) is 0 Å². The van der Waals surface area contributed by atoms with Gasteiger partial charge in [0.1, 0.15) is 5.75 Å². The van der Waals surface area contributed by atoms with Gasteiger partial charge in [-0.3, -0.25) is 0 Å². The zero-order chi connectivity index (χ0) is 14.5. The number of anilines is 2. The van der Waals surface area contributed by atoms with Gasteiger partial charge in [-0.2, -0.15) is 0 Å². The van der Waals surface area contributed by atoms with Crippen molar-refractivity contribution in [1.29, 1.82) is 0 Å². The molecule has 0 saturated carbocycles. The van der Waals surface area contributed by atoms with Crippen molar-refractivity contribution < 1.29 is 4.74 Å². The van der Waals surface area contributed by atoms with Crippen LogP contribution in [0, 0.1) is 6.92 Å². The summed E-state index contributed by atoms with van der Waals surface area (Å²) >= 11 is 0. The lowest BCUT2D eigenvalue weighted by Crippen LogP contribution is -2.14. The summed E-state index contributed by atoms with van der Waals surface area (Å²) in [5.41, 5.74) is 10.6. The maximum Gasteiger partial charge on any atom is 0.120 e. The summed E-state index contributed by atoms with van der Waals surface area (Å²) < 4.78 is 5.29. The number of aryl methyl sites for hydroxylation is 1. The Labute approximate surface area is 121 Å². The van der Waals surface area contributed by atoms with Crippen molar-refractivity contribution >= 4 is 11.4 Å². The van der Waals surface area contributed by atoms with E-state index in [2.05, 4.69) is 43.1 Å². The van der Waals surface area contributed by atoms with Crippen LogP contribution >= 0.6 is 0 Å². The summed E-state index contributed by atoms with van der Waals surface area (Å²) in [6.45, 7) is 2.76. The van der Waals surface area contributed by atoms with Crippen molar-refractivity contribution in [3.63, 3.8) is 0 Å². The summed E-state index contributed by atoms with van der Waals surface area (Å²) in [6, 6.07) is 14.6. The number of hydrogen-bond donors (Lipinski definition) is 1. The molecule has 0 aliphatic rings. The van der Waals surface area contributed by atoms with E-state index < -0.39 is 0 Å². The Morgan fingerprint density at radius 2 is 1.95 bits per heavy atom. The van der Waals surface area contributed by atoms with Crippen LogP contribution in [0.5, 0.6) is 5.75 Å². The van der Waals surface area contributed by atoms with Gasteiger partial charge in [-0.05, 0) is 43.7 Å². The third-order valence-corrected chi connectivity index (χ3v) is 3.45. The predicted molar refractivity (Wildman–Crippen MR) is 85.0 cm³/mol. The number of nitrogens with zero attached hydrogens (tertiary/aromatic N) is 1. The second-order valence-electron chi connectivity index (χ2n) is 4.93. The highest BCUT2D eigenvalue weighted by Crippen LogP contribution is 2.30. The quantitative estimate of drug-likeness (QED) is 0.906. The van der Waals surface area contributed by atoms with Crippen LogP contribution in [0.25, 0.3) is 0 Å². The van der Waals surface area contributed by atoms with Crippen molar-refractivity contribution in [3.05, 3.63) is 53.6 Å². The highest BCUT2D eigenvalue weighted by molar-refractivity contribution is 5.67. The monoisotopic (exact) mass is 270 g/mol. The van der Waals surface area contributed by atoms with E-state index in [-0.39, 0.29) is 0 Å². The standard InChI is InChI=1S/C17H22N2O/c1-13-7-8-17(14(11-13)9-10-18)19(2)15-5-4-6-16(12-15)20-3/h4-8,11-12H,9-10,18H2,1-3H3. The van der Waals surface area contributed by atoms with Crippen molar-refractivity contribution in [1.82, 2.24) is 0 Å². The number of nitrogens with two attached hydrogens (primary N) is 1. The second-order valence-corrected chi connectivity index (χ2v) is 4.93. The number of ether oxygens (including phenoxy) is 1. The molecular formula is C17H22N2O. The van der Waals surface area contributed by atoms with Crippen LogP contribution in [0.3, 0.4) is 0 Å². The molecule has 0 bridgehead atoms. The molecule has 2 aromatic carbocycles. The van der Waals surface area contributed by atoms with Gasteiger partial charge in [0, 0.05) is 24.5 Å². The maximum absolute atomic E-state index is 5.73. The first kappa shape index (κ1) is 14.4. The van der Waals surface area contributed by atoms with Crippen LogP contribution in [0.4, 0.5) is 11.4 Å². The predicted octanol–water partition coefficient (Wildman–Crippen LogP) is 3.27. The third-order valence-electron chi connectivity index (χ3n) is 3.45. The first-order valence-electron chi connectivity index (χ1n) is 6.83. The Hall–Kier alpha value is -2.00. The topological polar surface area (TPSA) is 38.5 Å². The molecule has 0 spiro atoms. The minimum absolute atomic E-state index is 0.655. The fraction of sp³-hybridized carbons (Fsp3) is 0.294. The molecule has 0 aliphatic heterocycles. The largest absolute Gasteiger partial charge is 0.497 e. The zero-order valence-corrected chi connectivity index (χ0v) is 12.4. The SMILES string of the molecule is COc1cccc(N(C)c2ccc(C)cc2CCN)c1. The fourth-order valence-corrected chi connectivity index (χ4v) is 2.36. The molecule has 3 nitrogen and oxygen atoms in total. The molecule has 0 saturated heterocycles. The molecule has 0 unspecified atom stereocenters. The summed E-state index contributed by atoms with van der Waals surface area (Å²) in [6.07, 6.45) is 0.880. The van der Waals surface area contributed by atoms with Crippen LogP contribution in [-0.2, 0) is 6.42 Å². The zero-order valence-electron chi connectivity index (χ0n) is 12.4.